The molecule has 2 atom stereocenters. The molecule has 2 aliphatic carbocycles. The number of nitrogens with zero attached hydrogens (tertiary/aromatic N) is 1. The zero-order valence-corrected chi connectivity index (χ0v) is 14.5. The molecular formula is C17H24N2O3S. The number of hydrogen-bond acceptors (Lipinski definition) is 3. The Bertz CT molecular complexity index is 714. The summed E-state index contributed by atoms with van der Waals surface area (Å²) in [6.45, 7) is 0.648. The van der Waals surface area contributed by atoms with Crippen LogP contribution in [0.4, 0.5) is 0 Å². The molecule has 1 aromatic rings. The van der Waals surface area contributed by atoms with Gasteiger partial charge in [0.2, 0.25) is 15.9 Å². The van der Waals surface area contributed by atoms with Crippen molar-refractivity contribution in [2.75, 3.05) is 26.4 Å². The van der Waals surface area contributed by atoms with Crippen LogP contribution in [0.15, 0.2) is 24.3 Å². The smallest absolute Gasteiger partial charge is 0.221 e. The molecule has 1 amide bonds. The van der Waals surface area contributed by atoms with Crippen LogP contribution >= 0.6 is 0 Å². The van der Waals surface area contributed by atoms with Crippen LogP contribution in [0.3, 0.4) is 0 Å². The van der Waals surface area contributed by atoms with Gasteiger partial charge in [-0.1, -0.05) is 24.3 Å². The number of carbonyl (C=O) groups is 1. The van der Waals surface area contributed by atoms with E-state index in [0.29, 0.717) is 12.5 Å². The lowest BCUT2D eigenvalue weighted by atomic mass is 9.95. The van der Waals surface area contributed by atoms with E-state index in [4.69, 9.17) is 0 Å². The number of fused-ring (bicyclic) bond motifs is 2. The van der Waals surface area contributed by atoms with Gasteiger partial charge in [0.15, 0.2) is 0 Å². The monoisotopic (exact) mass is 336 g/mol. The second-order valence-electron chi connectivity index (χ2n) is 6.87. The lowest BCUT2D eigenvalue weighted by Gasteiger charge is -2.13. The zero-order valence-electron chi connectivity index (χ0n) is 13.7. The topological polar surface area (TPSA) is 66.5 Å². The molecule has 5 nitrogen and oxygen atoms in total. The maximum Gasteiger partial charge on any atom is 0.221 e. The molecule has 1 aromatic carbocycles. The SMILES string of the molecule is CN(C)S(=O)(=O)CCC(=O)NC[C@H]1C[C@]12CCc1ccccc12. The van der Waals surface area contributed by atoms with Crippen molar-refractivity contribution in [3.05, 3.63) is 35.4 Å². The van der Waals surface area contributed by atoms with Crippen molar-refractivity contribution in [2.45, 2.75) is 31.1 Å². The maximum absolute atomic E-state index is 11.9. The maximum atomic E-state index is 11.9. The summed E-state index contributed by atoms with van der Waals surface area (Å²) in [4.78, 5) is 11.9. The van der Waals surface area contributed by atoms with Gasteiger partial charge in [0.25, 0.3) is 0 Å². The largest absolute Gasteiger partial charge is 0.356 e. The van der Waals surface area contributed by atoms with Crippen LogP contribution in [0.2, 0.25) is 0 Å². The Morgan fingerprint density at radius 3 is 2.83 bits per heavy atom. The van der Waals surface area contributed by atoms with Crippen LogP contribution in [0.5, 0.6) is 0 Å². The summed E-state index contributed by atoms with van der Waals surface area (Å²) < 4.78 is 24.5. The summed E-state index contributed by atoms with van der Waals surface area (Å²) in [6.07, 6.45) is 3.45. The minimum atomic E-state index is -3.31. The molecule has 0 saturated heterocycles. The first-order valence-corrected chi connectivity index (χ1v) is 9.71. The number of rotatable bonds is 6. The molecule has 1 spiro atoms. The zero-order chi connectivity index (χ0) is 16.7. The molecule has 6 heteroatoms. The molecule has 1 N–H and O–H groups in total. The summed E-state index contributed by atoms with van der Waals surface area (Å²) in [5, 5.41) is 2.92. The highest BCUT2D eigenvalue weighted by Crippen LogP contribution is 2.61. The molecule has 0 aromatic heterocycles. The van der Waals surface area contributed by atoms with Gasteiger partial charge in [-0.25, -0.2) is 12.7 Å². The number of amides is 1. The fourth-order valence-electron chi connectivity index (χ4n) is 3.73. The predicted molar refractivity (Wildman–Crippen MR) is 89.6 cm³/mol. The Labute approximate surface area is 138 Å². The molecule has 0 heterocycles. The molecule has 126 valence electrons. The van der Waals surface area contributed by atoms with E-state index in [1.54, 1.807) is 0 Å². The average molecular weight is 336 g/mol. The van der Waals surface area contributed by atoms with Crippen LogP contribution in [0.1, 0.15) is 30.4 Å². The first-order valence-electron chi connectivity index (χ1n) is 8.10. The van der Waals surface area contributed by atoms with Crippen LogP contribution < -0.4 is 5.32 Å². The minimum Gasteiger partial charge on any atom is -0.356 e. The molecule has 0 unspecified atom stereocenters. The molecule has 0 aliphatic heterocycles. The number of sulfonamides is 1. The van der Waals surface area contributed by atoms with E-state index < -0.39 is 10.0 Å². The second-order valence-corrected chi connectivity index (χ2v) is 9.17. The van der Waals surface area contributed by atoms with E-state index in [2.05, 4.69) is 29.6 Å². The van der Waals surface area contributed by atoms with E-state index in [1.807, 2.05) is 0 Å². The molecule has 1 saturated carbocycles. The van der Waals surface area contributed by atoms with Crippen molar-refractivity contribution in [2.24, 2.45) is 5.92 Å². The fraction of sp³-hybridized carbons (Fsp3) is 0.588. The Hall–Kier alpha value is -1.40. The third-order valence-electron chi connectivity index (χ3n) is 5.32. The van der Waals surface area contributed by atoms with E-state index in [1.165, 1.54) is 31.6 Å². The summed E-state index contributed by atoms with van der Waals surface area (Å²) >= 11 is 0. The minimum absolute atomic E-state index is 0.0246. The van der Waals surface area contributed by atoms with Gasteiger partial charge in [0.1, 0.15) is 0 Å². The highest BCUT2D eigenvalue weighted by atomic mass is 32.2. The Balaban J connectivity index is 1.49. The lowest BCUT2D eigenvalue weighted by Crippen LogP contribution is -2.32. The molecule has 2 aliphatic rings. The van der Waals surface area contributed by atoms with Crippen LogP contribution in [0.25, 0.3) is 0 Å². The van der Waals surface area contributed by atoms with Gasteiger partial charge in [-0.15, -0.1) is 0 Å². The molecule has 3 rings (SSSR count). The number of aryl methyl sites for hydroxylation is 1. The normalized spacial score (nSPS) is 25.6. The van der Waals surface area contributed by atoms with E-state index in [0.717, 1.165) is 17.1 Å². The molecule has 1 fully saturated rings. The quantitative estimate of drug-likeness (QED) is 0.851. The highest BCUT2D eigenvalue weighted by molar-refractivity contribution is 7.89. The van der Waals surface area contributed by atoms with Crippen molar-refractivity contribution >= 4 is 15.9 Å². The van der Waals surface area contributed by atoms with Gasteiger partial charge in [0, 0.05) is 32.5 Å². The van der Waals surface area contributed by atoms with E-state index in [9.17, 15) is 13.2 Å². The van der Waals surface area contributed by atoms with Gasteiger partial charge in [-0.05, 0) is 36.3 Å². The van der Waals surface area contributed by atoms with Crippen LogP contribution in [-0.4, -0.2) is 45.0 Å². The van der Waals surface area contributed by atoms with Crippen molar-refractivity contribution < 1.29 is 13.2 Å². The molecular weight excluding hydrogens is 312 g/mol. The molecule has 23 heavy (non-hydrogen) atoms. The Morgan fingerprint density at radius 1 is 1.35 bits per heavy atom. The van der Waals surface area contributed by atoms with Gasteiger partial charge in [-0.3, -0.25) is 4.79 Å². The van der Waals surface area contributed by atoms with Crippen LogP contribution in [0, 0.1) is 5.92 Å². The van der Waals surface area contributed by atoms with E-state index in [-0.39, 0.29) is 23.5 Å². The lowest BCUT2D eigenvalue weighted by molar-refractivity contribution is -0.120. The number of benzene rings is 1. The van der Waals surface area contributed by atoms with Crippen LogP contribution in [-0.2, 0) is 26.7 Å². The van der Waals surface area contributed by atoms with Crippen molar-refractivity contribution in [3.63, 3.8) is 0 Å². The fourth-order valence-corrected chi connectivity index (χ4v) is 4.54. The number of hydrogen-bond donors (Lipinski definition) is 1. The van der Waals surface area contributed by atoms with Gasteiger partial charge < -0.3 is 5.32 Å². The average Bonchev–Trinajstić information content (AvgIpc) is 3.10. The summed E-state index contributed by atoms with van der Waals surface area (Å²) in [5.74, 6) is 0.175. The van der Waals surface area contributed by atoms with Gasteiger partial charge in [0.05, 0.1) is 5.75 Å². The summed E-state index contributed by atoms with van der Waals surface area (Å²) in [6, 6.07) is 8.59. The van der Waals surface area contributed by atoms with E-state index >= 15 is 0 Å². The highest BCUT2D eigenvalue weighted by Gasteiger charge is 2.57. The Kier molecular flexibility index (Phi) is 4.23. The molecule has 0 bridgehead atoms. The van der Waals surface area contributed by atoms with Crippen molar-refractivity contribution in [1.82, 2.24) is 9.62 Å². The van der Waals surface area contributed by atoms with Gasteiger partial charge in [-0.2, -0.15) is 0 Å². The second kappa shape index (κ2) is 5.91. The predicted octanol–water partition coefficient (Wildman–Crippen LogP) is 1.29. The van der Waals surface area contributed by atoms with Crippen molar-refractivity contribution in [1.29, 1.82) is 0 Å². The Morgan fingerprint density at radius 2 is 2.09 bits per heavy atom. The summed E-state index contributed by atoms with van der Waals surface area (Å²) in [5.41, 5.74) is 3.16. The standard InChI is InChI=1S/C17H24N2O3S/c1-19(2)23(21,22)10-8-16(20)18-12-14-11-17(14)9-7-13-5-3-4-6-15(13)17/h3-6,14H,7-12H2,1-2H3,(H,18,20)/t14-,17-/m1/s1. The summed E-state index contributed by atoms with van der Waals surface area (Å²) in [7, 11) is -0.336. The van der Waals surface area contributed by atoms with Gasteiger partial charge >= 0.3 is 0 Å². The molecule has 0 radical (unpaired) electrons. The first-order chi connectivity index (χ1) is 10.8. The number of nitrogens with one attached hydrogen (secondary N) is 1. The number of carbonyl (C=O) groups excluding carboxylic acids is 1. The third kappa shape index (κ3) is 3.15. The first kappa shape index (κ1) is 16.5. The third-order valence-corrected chi connectivity index (χ3v) is 7.15. The van der Waals surface area contributed by atoms with Crippen molar-refractivity contribution in [3.8, 4) is 0 Å².